The first-order valence-corrected chi connectivity index (χ1v) is 6.53. The second kappa shape index (κ2) is 4.86. The van der Waals surface area contributed by atoms with Crippen molar-refractivity contribution in [2.75, 3.05) is 6.54 Å². The molecule has 2 rings (SSSR count). The largest absolute Gasteiger partial charge is 0.305 e. The Kier molecular flexibility index (Phi) is 3.64. The molecular weight excluding hydrogens is 285 g/mol. The number of halogens is 2. The van der Waals surface area contributed by atoms with Crippen LogP contribution in [0, 0.1) is 5.82 Å². The van der Waals surface area contributed by atoms with Crippen LogP contribution in [0.1, 0.15) is 25.3 Å². The van der Waals surface area contributed by atoms with Gasteiger partial charge in [-0.1, -0.05) is 15.9 Å². The molecule has 2 nitrogen and oxygen atoms in total. The Hall–Kier alpha value is -0.740. The standard InChI is InChI=1S/C13H15BrFNO/c1-13(5-2-6-16-13)12(17)8-9-7-10(14)3-4-11(9)15/h3-4,7,16H,2,5-6,8H2,1H3. The third-order valence-corrected chi connectivity index (χ3v) is 3.84. The molecule has 1 unspecified atom stereocenters. The van der Waals surface area contributed by atoms with Crippen molar-refractivity contribution in [2.24, 2.45) is 0 Å². The number of hydrogen-bond donors (Lipinski definition) is 1. The van der Waals surface area contributed by atoms with Gasteiger partial charge in [0.05, 0.1) is 5.54 Å². The Balaban J connectivity index is 2.15. The molecule has 1 saturated heterocycles. The first-order valence-electron chi connectivity index (χ1n) is 5.73. The molecule has 4 heteroatoms. The van der Waals surface area contributed by atoms with E-state index in [1.54, 1.807) is 12.1 Å². The van der Waals surface area contributed by atoms with Gasteiger partial charge in [0.2, 0.25) is 0 Å². The molecule has 1 heterocycles. The van der Waals surface area contributed by atoms with Crippen molar-refractivity contribution in [2.45, 2.75) is 31.7 Å². The van der Waals surface area contributed by atoms with E-state index in [1.807, 2.05) is 6.92 Å². The summed E-state index contributed by atoms with van der Waals surface area (Å²) in [6, 6.07) is 4.70. The quantitative estimate of drug-likeness (QED) is 0.930. The minimum atomic E-state index is -0.477. The van der Waals surface area contributed by atoms with Crippen molar-refractivity contribution < 1.29 is 9.18 Å². The number of Topliss-reactive ketones (excluding diaryl/α,β-unsaturated/α-hetero) is 1. The molecule has 0 spiro atoms. The predicted octanol–water partition coefficient (Wildman–Crippen LogP) is 2.84. The van der Waals surface area contributed by atoms with Crippen molar-refractivity contribution >= 4 is 21.7 Å². The summed E-state index contributed by atoms with van der Waals surface area (Å²) in [6.07, 6.45) is 1.99. The van der Waals surface area contributed by atoms with Crippen LogP contribution in [0.25, 0.3) is 0 Å². The van der Waals surface area contributed by atoms with Crippen LogP contribution >= 0.6 is 15.9 Å². The van der Waals surface area contributed by atoms with E-state index in [-0.39, 0.29) is 18.0 Å². The molecule has 1 N–H and O–H groups in total. The molecule has 0 aliphatic carbocycles. The van der Waals surface area contributed by atoms with Gasteiger partial charge in [-0.3, -0.25) is 4.79 Å². The third kappa shape index (κ3) is 2.75. The van der Waals surface area contributed by atoms with Crippen molar-refractivity contribution in [3.8, 4) is 0 Å². The molecule has 1 aliphatic rings. The average Bonchev–Trinajstić information content (AvgIpc) is 2.72. The molecule has 1 fully saturated rings. The smallest absolute Gasteiger partial charge is 0.157 e. The highest BCUT2D eigenvalue weighted by molar-refractivity contribution is 9.10. The number of rotatable bonds is 3. The van der Waals surface area contributed by atoms with E-state index in [1.165, 1.54) is 6.07 Å². The van der Waals surface area contributed by atoms with Crippen molar-refractivity contribution in [1.82, 2.24) is 5.32 Å². The molecule has 0 radical (unpaired) electrons. The van der Waals surface area contributed by atoms with E-state index >= 15 is 0 Å². The highest BCUT2D eigenvalue weighted by atomic mass is 79.9. The highest BCUT2D eigenvalue weighted by Crippen LogP contribution is 2.23. The number of benzene rings is 1. The van der Waals surface area contributed by atoms with E-state index in [0.29, 0.717) is 5.56 Å². The number of hydrogen-bond acceptors (Lipinski definition) is 2. The first kappa shape index (κ1) is 12.7. The maximum atomic E-state index is 13.5. The lowest BCUT2D eigenvalue weighted by molar-refractivity contribution is -0.123. The fourth-order valence-corrected chi connectivity index (χ4v) is 2.59. The monoisotopic (exact) mass is 299 g/mol. The van der Waals surface area contributed by atoms with E-state index < -0.39 is 5.54 Å². The van der Waals surface area contributed by atoms with E-state index in [0.717, 1.165) is 23.9 Å². The van der Waals surface area contributed by atoms with Gasteiger partial charge in [-0.25, -0.2) is 4.39 Å². The summed E-state index contributed by atoms with van der Waals surface area (Å²) >= 11 is 3.29. The molecule has 1 aromatic carbocycles. The summed E-state index contributed by atoms with van der Waals surface area (Å²) in [5.41, 5.74) is -0.0197. The molecule has 1 atom stereocenters. The zero-order chi connectivity index (χ0) is 12.5. The number of nitrogens with one attached hydrogen (secondary N) is 1. The Morgan fingerprint density at radius 1 is 1.59 bits per heavy atom. The molecule has 0 saturated carbocycles. The second-order valence-electron chi connectivity index (χ2n) is 4.70. The SMILES string of the molecule is CC1(C(=O)Cc2cc(Br)ccc2F)CCCN1. The molecule has 0 amide bonds. The fraction of sp³-hybridized carbons (Fsp3) is 0.462. The van der Waals surface area contributed by atoms with Gasteiger partial charge in [0.15, 0.2) is 5.78 Å². The van der Waals surface area contributed by atoms with Crippen molar-refractivity contribution in [3.63, 3.8) is 0 Å². The lowest BCUT2D eigenvalue weighted by Crippen LogP contribution is -2.45. The Morgan fingerprint density at radius 2 is 2.35 bits per heavy atom. The van der Waals surface area contributed by atoms with Gasteiger partial charge in [-0.15, -0.1) is 0 Å². The van der Waals surface area contributed by atoms with Gasteiger partial charge in [-0.2, -0.15) is 0 Å². The van der Waals surface area contributed by atoms with Gasteiger partial charge >= 0.3 is 0 Å². The van der Waals surface area contributed by atoms with Gasteiger partial charge in [-0.05, 0) is 50.1 Å². The maximum Gasteiger partial charge on any atom is 0.157 e. The highest BCUT2D eigenvalue weighted by Gasteiger charge is 2.35. The fourth-order valence-electron chi connectivity index (χ4n) is 2.18. The van der Waals surface area contributed by atoms with Gasteiger partial charge < -0.3 is 5.32 Å². The minimum absolute atomic E-state index is 0.0620. The number of ketones is 1. The van der Waals surface area contributed by atoms with Gasteiger partial charge in [0.25, 0.3) is 0 Å². The minimum Gasteiger partial charge on any atom is -0.305 e. The molecular formula is C13H15BrFNO. The van der Waals surface area contributed by atoms with Crippen LogP contribution in [-0.2, 0) is 11.2 Å². The van der Waals surface area contributed by atoms with E-state index in [2.05, 4.69) is 21.2 Å². The predicted molar refractivity (Wildman–Crippen MR) is 68.5 cm³/mol. The van der Waals surface area contributed by atoms with E-state index in [4.69, 9.17) is 0 Å². The Morgan fingerprint density at radius 3 is 3.00 bits per heavy atom. The Bertz CT molecular complexity index is 441. The average molecular weight is 300 g/mol. The summed E-state index contributed by atoms with van der Waals surface area (Å²) in [5, 5.41) is 3.20. The first-order chi connectivity index (χ1) is 8.01. The van der Waals surface area contributed by atoms with E-state index in [9.17, 15) is 9.18 Å². The number of carbonyl (C=O) groups excluding carboxylic acids is 1. The maximum absolute atomic E-state index is 13.5. The van der Waals surface area contributed by atoms with Crippen LogP contribution in [0.2, 0.25) is 0 Å². The molecule has 0 bridgehead atoms. The molecule has 17 heavy (non-hydrogen) atoms. The van der Waals surface area contributed by atoms with Crippen LogP contribution in [0.5, 0.6) is 0 Å². The lowest BCUT2D eigenvalue weighted by Gasteiger charge is -2.22. The van der Waals surface area contributed by atoms with Crippen LogP contribution < -0.4 is 5.32 Å². The number of carbonyl (C=O) groups is 1. The molecule has 0 aromatic heterocycles. The normalized spacial score (nSPS) is 23.9. The lowest BCUT2D eigenvalue weighted by atomic mass is 9.90. The van der Waals surface area contributed by atoms with Gasteiger partial charge in [0, 0.05) is 10.9 Å². The summed E-state index contributed by atoms with van der Waals surface area (Å²) in [6.45, 7) is 2.77. The summed E-state index contributed by atoms with van der Waals surface area (Å²) < 4.78 is 14.3. The summed E-state index contributed by atoms with van der Waals surface area (Å²) in [7, 11) is 0. The van der Waals surface area contributed by atoms with Gasteiger partial charge in [0.1, 0.15) is 5.82 Å². The Labute approximate surface area is 109 Å². The molecule has 1 aromatic rings. The van der Waals surface area contributed by atoms with Crippen molar-refractivity contribution in [3.05, 3.63) is 34.1 Å². The van der Waals surface area contributed by atoms with Crippen LogP contribution in [0.15, 0.2) is 22.7 Å². The third-order valence-electron chi connectivity index (χ3n) is 3.34. The zero-order valence-electron chi connectivity index (χ0n) is 9.72. The summed E-state index contributed by atoms with van der Waals surface area (Å²) in [5.74, 6) is -0.254. The second-order valence-corrected chi connectivity index (χ2v) is 5.61. The zero-order valence-corrected chi connectivity index (χ0v) is 11.3. The topological polar surface area (TPSA) is 29.1 Å². The molecule has 92 valence electrons. The molecule has 1 aliphatic heterocycles. The van der Waals surface area contributed by atoms with Crippen LogP contribution in [-0.4, -0.2) is 17.9 Å². The van der Waals surface area contributed by atoms with Crippen LogP contribution in [0.3, 0.4) is 0 Å². The summed E-state index contributed by atoms with van der Waals surface area (Å²) in [4.78, 5) is 12.2. The van der Waals surface area contributed by atoms with Crippen LogP contribution in [0.4, 0.5) is 4.39 Å². The van der Waals surface area contributed by atoms with Crippen molar-refractivity contribution in [1.29, 1.82) is 0 Å².